The van der Waals surface area contributed by atoms with Crippen LogP contribution in [0, 0.1) is 0 Å². The fourth-order valence-corrected chi connectivity index (χ4v) is 3.60. The number of hydrogen-bond acceptors (Lipinski definition) is 4. The van der Waals surface area contributed by atoms with Crippen molar-refractivity contribution in [2.24, 2.45) is 0 Å². The number of rotatable bonds is 15. The summed E-state index contributed by atoms with van der Waals surface area (Å²) in [5.74, 6) is 0.466. The van der Waals surface area contributed by atoms with E-state index in [1.807, 2.05) is 12.1 Å². The zero-order valence-electron chi connectivity index (χ0n) is 18.9. The molecule has 0 aliphatic carbocycles. The zero-order chi connectivity index (χ0) is 22.3. The van der Waals surface area contributed by atoms with E-state index in [1.165, 1.54) is 51.4 Å². The van der Waals surface area contributed by atoms with Gasteiger partial charge in [-0.1, -0.05) is 76.8 Å². The first-order valence-electron chi connectivity index (χ1n) is 11.8. The summed E-state index contributed by atoms with van der Waals surface area (Å²) in [6, 6.07) is 14.4. The monoisotopic (exact) mass is 425 g/mol. The Morgan fingerprint density at radius 1 is 0.839 bits per heavy atom. The van der Waals surface area contributed by atoms with Crippen LogP contribution in [0.1, 0.15) is 77.6 Å². The molecule has 1 atom stereocenters. The summed E-state index contributed by atoms with van der Waals surface area (Å²) in [6.07, 6.45) is 12.6. The Labute approximate surface area is 187 Å². The van der Waals surface area contributed by atoms with Crippen molar-refractivity contribution in [3.63, 3.8) is 0 Å². The van der Waals surface area contributed by atoms with Gasteiger partial charge in [-0.15, -0.1) is 0 Å². The number of carbonyl (C=O) groups excluding carboxylic acids is 1. The van der Waals surface area contributed by atoms with Crippen LogP contribution in [-0.4, -0.2) is 12.0 Å². The Balaban J connectivity index is 1.81. The minimum absolute atomic E-state index is 0.175. The molecular weight excluding hydrogens is 386 g/mol. The average molecular weight is 426 g/mol. The van der Waals surface area contributed by atoms with Crippen molar-refractivity contribution < 1.29 is 9.53 Å². The normalized spacial score (nSPS) is 11.8. The number of carbonyl (C=O) groups is 1. The smallest absolute Gasteiger partial charge is 0.265 e. The van der Waals surface area contributed by atoms with E-state index in [2.05, 4.69) is 12.2 Å². The molecule has 0 aliphatic heterocycles. The molecule has 0 heterocycles. The summed E-state index contributed by atoms with van der Waals surface area (Å²) in [7, 11) is 0. The summed E-state index contributed by atoms with van der Waals surface area (Å²) in [4.78, 5) is 12.9. The predicted molar refractivity (Wildman–Crippen MR) is 131 cm³/mol. The fourth-order valence-electron chi connectivity index (χ4n) is 3.60. The molecule has 0 saturated heterocycles. The average Bonchev–Trinajstić information content (AvgIpc) is 2.77. The van der Waals surface area contributed by atoms with Gasteiger partial charge in [0.15, 0.2) is 6.10 Å². The lowest BCUT2D eigenvalue weighted by molar-refractivity contribution is -0.123. The Morgan fingerprint density at radius 3 is 2.03 bits per heavy atom. The molecule has 5 nitrogen and oxygen atoms in total. The highest BCUT2D eigenvalue weighted by Crippen LogP contribution is 2.21. The van der Waals surface area contributed by atoms with Crippen LogP contribution in [0.4, 0.5) is 17.1 Å². The molecule has 0 saturated carbocycles. The lowest BCUT2D eigenvalue weighted by Crippen LogP contribution is -2.33. The SMILES string of the molecule is CCCCCCCCCCCCC(Oc1ccc(N)cc1)C(=O)Nc1ccccc1N. The van der Waals surface area contributed by atoms with E-state index in [4.69, 9.17) is 16.2 Å². The first-order valence-corrected chi connectivity index (χ1v) is 11.8. The van der Waals surface area contributed by atoms with Gasteiger partial charge in [-0.25, -0.2) is 0 Å². The molecular formula is C26H39N3O2. The number of hydrogen-bond donors (Lipinski definition) is 3. The molecule has 5 N–H and O–H groups in total. The molecule has 5 heteroatoms. The topological polar surface area (TPSA) is 90.4 Å². The second-order valence-electron chi connectivity index (χ2n) is 8.22. The molecule has 1 unspecified atom stereocenters. The molecule has 170 valence electrons. The lowest BCUT2D eigenvalue weighted by Gasteiger charge is -2.19. The van der Waals surface area contributed by atoms with E-state index >= 15 is 0 Å². The third-order valence-electron chi connectivity index (χ3n) is 5.49. The largest absolute Gasteiger partial charge is 0.481 e. The highest BCUT2D eigenvalue weighted by atomic mass is 16.5. The minimum atomic E-state index is -0.572. The van der Waals surface area contributed by atoms with Crippen LogP contribution >= 0.6 is 0 Å². The molecule has 2 aromatic rings. The predicted octanol–water partition coefficient (Wildman–Crippen LogP) is 6.55. The van der Waals surface area contributed by atoms with E-state index in [0.29, 0.717) is 29.2 Å². The standard InChI is InChI=1S/C26H39N3O2/c1-2-3-4-5-6-7-8-9-10-11-16-25(31-22-19-17-21(27)18-20-22)26(30)29-24-15-13-12-14-23(24)28/h12-15,17-20,25H,2-11,16,27-28H2,1H3,(H,29,30). The van der Waals surface area contributed by atoms with Gasteiger partial charge in [-0.2, -0.15) is 0 Å². The van der Waals surface area contributed by atoms with Gasteiger partial charge in [0, 0.05) is 5.69 Å². The second kappa shape index (κ2) is 14.3. The van der Waals surface area contributed by atoms with Crippen LogP contribution in [0.3, 0.4) is 0 Å². The number of unbranched alkanes of at least 4 members (excludes halogenated alkanes) is 9. The Kier molecular flexibility index (Phi) is 11.4. The Hall–Kier alpha value is -2.69. The highest BCUT2D eigenvalue weighted by molar-refractivity contribution is 5.96. The van der Waals surface area contributed by atoms with E-state index in [9.17, 15) is 4.79 Å². The van der Waals surface area contributed by atoms with Crippen LogP contribution in [0.2, 0.25) is 0 Å². The van der Waals surface area contributed by atoms with E-state index in [1.54, 1.807) is 36.4 Å². The van der Waals surface area contributed by atoms with E-state index < -0.39 is 6.10 Å². The first-order chi connectivity index (χ1) is 15.1. The summed E-state index contributed by atoms with van der Waals surface area (Å²) < 4.78 is 6.02. The van der Waals surface area contributed by atoms with Crippen molar-refractivity contribution >= 4 is 23.0 Å². The maximum Gasteiger partial charge on any atom is 0.265 e. The Morgan fingerprint density at radius 2 is 1.42 bits per heavy atom. The third-order valence-corrected chi connectivity index (χ3v) is 5.49. The van der Waals surface area contributed by atoms with E-state index in [-0.39, 0.29) is 5.91 Å². The number of nitrogens with one attached hydrogen (secondary N) is 1. The summed E-state index contributed by atoms with van der Waals surface area (Å²) in [5, 5.41) is 2.91. The van der Waals surface area contributed by atoms with Crippen molar-refractivity contribution in [1.82, 2.24) is 0 Å². The highest BCUT2D eigenvalue weighted by Gasteiger charge is 2.21. The van der Waals surface area contributed by atoms with Crippen LogP contribution in [0.25, 0.3) is 0 Å². The fraction of sp³-hybridized carbons (Fsp3) is 0.500. The van der Waals surface area contributed by atoms with Crippen molar-refractivity contribution in [2.45, 2.75) is 83.7 Å². The van der Waals surface area contributed by atoms with Crippen LogP contribution in [-0.2, 0) is 4.79 Å². The number of nitrogens with two attached hydrogens (primary N) is 2. The number of ether oxygens (including phenoxy) is 1. The Bertz CT molecular complexity index is 762. The number of nitrogen functional groups attached to an aromatic ring is 2. The minimum Gasteiger partial charge on any atom is -0.481 e. The number of anilines is 3. The molecule has 2 aromatic carbocycles. The lowest BCUT2D eigenvalue weighted by atomic mass is 10.0. The number of benzene rings is 2. The third kappa shape index (κ3) is 9.77. The number of amides is 1. The van der Waals surface area contributed by atoms with Crippen molar-refractivity contribution in [3.05, 3.63) is 48.5 Å². The zero-order valence-corrected chi connectivity index (χ0v) is 18.9. The van der Waals surface area contributed by atoms with Gasteiger partial charge >= 0.3 is 0 Å². The van der Waals surface area contributed by atoms with Gasteiger partial charge in [0.2, 0.25) is 0 Å². The van der Waals surface area contributed by atoms with E-state index in [0.717, 1.165) is 12.8 Å². The molecule has 0 bridgehead atoms. The molecule has 0 fully saturated rings. The summed E-state index contributed by atoms with van der Waals surface area (Å²) in [6.45, 7) is 2.25. The molecule has 0 aliphatic rings. The molecule has 2 rings (SSSR count). The van der Waals surface area contributed by atoms with Gasteiger partial charge in [0.1, 0.15) is 5.75 Å². The maximum atomic E-state index is 12.9. The molecule has 1 amide bonds. The van der Waals surface area contributed by atoms with Crippen molar-refractivity contribution in [3.8, 4) is 5.75 Å². The van der Waals surface area contributed by atoms with Crippen molar-refractivity contribution in [1.29, 1.82) is 0 Å². The summed E-state index contributed by atoms with van der Waals surface area (Å²) >= 11 is 0. The molecule has 0 spiro atoms. The van der Waals surface area contributed by atoms with Crippen LogP contribution < -0.4 is 21.5 Å². The van der Waals surface area contributed by atoms with Crippen molar-refractivity contribution in [2.75, 3.05) is 16.8 Å². The van der Waals surface area contributed by atoms with Gasteiger partial charge in [-0.05, 0) is 49.2 Å². The van der Waals surface area contributed by atoms with Gasteiger partial charge in [0.25, 0.3) is 5.91 Å². The number of para-hydroxylation sites is 2. The van der Waals surface area contributed by atoms with Gasteiger partial charge < -0.3 is 21.5 Å². The second-order valence-corrected chi connectivity index (χ2v) is 8.22. The summed E-state index contributed by atoms with van der Waals surface area (Å²) in [5.41, 5.74) is 13.6. The van der Waals surface area contributed by atoms with Gasteiger partial charge in [0.05, 0.1) is 11.4 Å². The first kappa shape index (κ1) is 24.6. The molecule has 31 heavy (non-hydrogen) atoms. The quantitative estimate of drug-likeness (QED) is 0.223. The molecule has 0 aromatic heterocycles. The molecule has 0 radical (unpaired) electrons. The van der Waals surface area contributed by atoms with Crippen LogP contribution in [0.15, 0.2) is 48.5 Å². The van der Waals surface area contributed by atoms with Crippen LogP contribution in [0.5, 0.6) is 5.75 Å². The van der Waals surface area contributed by atoms with Gasteiger partial charge in [-0.3, -0.25) is 4.79 Å². The maximum absolute atomic E-state index is 12.9.